The van der Waals surface area contributed by atoms with Crippen LogP contribution in [0.4, 0.5) is 34.1 Å². The third-order valence-corrected chi connectivity index (χ3v) is 5.63. The summed E-state index contributed by atoms with van der Waals surface area (Å²) < 4.78 is 47.0. The van der Waals surface area contributed by atoms with E-state index in [0.717, 1.165) is 17.7 Å². The molecule has 2 aromatic carbocycles. The number of ether oxygens (including phenoxy) is 1. The summed E-state index contributed by atoms with van der Waals surface area (Å²) in [5, 5.41) is 2.76. The molecule has 0 saturated carbocycles. The van der Waals surface area contributed by atoms with Crippen LogP contribution in [-0.2, 0) is 24.5 Å². The smallest absolute Gasteiger partial charge is 0.419 e. The number of carbonyl (C=O) groups excluding carboxylic acids is 2. The molecule has 1 fully saturated rings. The Morgan fingerprint density at radius 1 is 1.14 bits per heavy atom. The molecule has 37 heavy (non-hydrogen) atoms. The molecule has 0 radical (unpaired) electrons. The van der Waals surface area contributed by atoms with Crippen LogP contribution in [0.3, 0.4) is 0 Å². The zero-order valence-corrected chi connectivity index (χ0v) is 21.0. The van der Waals surface area contributed by atoms with Crippen LogP contribution < -0.4 is 10.2 Å². The van der Waals surface area contributed by atoms with E-state index in [1.807, 2.05) is 6.07 Å². The van der Waals surface area contributed by atoms with Gasteiger partial charge in [0.15, 0.2) is 0 Å². The van der Waals surface area contributed by atoms with Gasteiger partial charge in [-0.15, -0.1) is 0 Å². The van der Waals surface area contributed by atoms with Crippen LogP contribution in [0.1, 0.15) is 31.9 Å². The number of aryl methyl sites for hydroxylation is 1. The van der Waals surface area contributed by atoms with Crippen molar-refractivity contribution < 1.29 is 27.5 Å². The summed E-state index contributed by atoms with van der Waals surface area (Å²) in [7, 11) is 1.80. The quantitative estimate of drug-likeness (QED) is 0.473. The van der Waals surface area contributed by atoms with Crippen molar-refractivity contribution in [3.05, 3.63) is 66.1 Å². The van der Waals surface area contributed by atoms with E-state index in [1.54, 1.807) is 61.9 Å². The van der Waals surface area contributed by atoms with Crippen LogP contribution in [0.25, 0.3) is 11.3 Å². The summed E-state index contributed by atoms with van der Waals surface area (Å²) in [6, 6.07) is 9.44. The summed E-state index contributed by atoms with van der Waals surface area (Å²) in [6.07, 6.45) is -1.89. The highest BCUT2D eigenvalue weighted by molar-refractivity contribution is 6.00. The Morgan fingerprint density at radius 2 is 1.84 bits per heavy atom. The lowest BCUT2D eigenvalue weighted by Gasteiger charge is -2.29. The van der Waals surface area contributed by atoms with E-state index in [4.69, 9.17) is 4.74 Å². The molecule has 8 nitrogen and oxygen atoms in total. The number of rotatable bonds is 5. The van der Waals surface area contributed by atoms with Crippen LogP contribution in [0.2, 0.25) is 0 Å². The van der Waals surface area contributed by atoms with Crippen molar-refractivity contribution in [1.29, 1.82) is 0 Å². The number of amides is 3. The van der Waals surface area contributed by atoms with Gasteiger partial charge in [0.05, 0.1) is 29.0 Å². The van der Waals surface area contributed by atoms with Gasteiger partial charge < -0.3 is 19.5 Å². The maximum absolute atomic E-state index is 13.4. The van der Waals surface area contributed by atoms with E-state index < -0.39 is 23.4 Å². The Hall–Kier alpha value is -4.02. The number of alkyl halides is 3. The number of hydrogen-bond acceptors (Lipinski definition) is 4. The van der Waals surface area contributed by atoms with Crippen LogP contribution in [0, 0.1) is 0 Å². The first-order valence-electron chi connectivity index (χ1n) is 11.7. The predicted octanol–water partition coefficient (Wildman–Crippen LogP) is 5.70. The van der Waals surface area contributed by atoms with Crippen LogP contribution in [0.15, 0.2) is 55.0 Å². The summed E-state index contributed by atoms with van der Waals surface area (Å²) in [5.41, 5.74) is 0.806. The number of carbonyl (C=O) groups is 2. The minimum absolute atomic E-state index is 0.163. The largest absolute Gasteiger partial charge is 0.443 e. The number of nitrogens with one attached hydrogen (secondary N) is 1. The van der Waals surface area contributed by atoms with Gasteiger partial charge in [0, 0.05) is 38.4 Å². The van der Waals surface area contributed by atoms with Gasteiger partial charge in [-0.3, -0.25) is 0 Å². The van der Waals surface area contributed by atoms with Gasteiger partial charge in [-0.05, 0) is 62.7 Å². The maximum atomic E-state index is 13.4. The maximum Gasteiger partial charge on any atom is 0.419 e. The molecule has 2 heterocycles. The van der Waals surface area contributed by atoms with Crippen LogP contribution in [-0.4, -0.2) is 45.3 Å². The topological polar surface area (TPSA) is 79.7 Å². The summed E-state index contributed by atoms with van der Waals surface area (Å²) >= 11 is 0. The number of halogens is 3. The molecule has 1 aliphatic rings. The van der Waals surface area contributed by atoms with Gasteiger partial charge in [0.2, 0.25) is 0 Å². The third-order valence-electron chi connectivity index (χ3n) is 5.63. The first-order chi connectivity index (χ1) is 17.3. The predicted molar refractivity (Wildman–Crippen MR) is 132 cm³/mol. The first kappa shape index (κ1) is 26.1. The van der Waals surface area contributed by atoms with Gasteiger partial charge in [-0.2, -0.15) is 13.2 Å². The number of imidazole rings is 1. The average molecular weight is 516 g/mol. The molecule has 4 rings (SSSR count). The third kappa shape index (κ3) is 6.04. The summed E-state index contributed by atoms with van der Waals surface area (Å²) in [5.74, 6) is 0. The lowest BCUT2D eigenvalue weighted by molar-refractivity contribution is -0.137. The second-order valence-corrected chi connectivity index (χ2v) is 9.79. The molecule has 0 atom stereocenters. The van der Waals surface area contributed by atoms with E-state index in [0.29, 0.717) is 36.6 Å². The Balaban J connectivity index is 1.83. The van der Waals surface area contributed by atoms with Gasteiger partial charge in [-0.1, -0.05) is 6.07 Å². The number of urea groups is 1. The molecule has 3 aromatic rings. The molecule has 1 N–H and O–H groups in total. The number of hydrogen-bond donors (Lipinski definition) is 1. The first-order valence-corrected chi connectivity index (χ1v) is 11.7. The zero-order valence-electron chi connectivity index (χ0n) is 21.0. The van der Waals surface area contributed by atoms with Crippen LogP contribution in [0.5, 0.6) is 0 Å². The Morgan fingerprint density at radius 3 is 2.38 bits per heavy atom. The normalized spacial score (nSPS) is 14.0. The molecule has 0 bridgehead atoms. The van der Waals surface area contributed by atoms with Crippen molar-refractivity contribution in [2.75, 3.05) is 18.0 Å². The molecule has 11 heteroatoms. The molecule has 196 valence electrons. The summed E-state index contributed by atoms with van der Waals surface area (Å²) in [4.78, 5) is 32.8. The van der Waals surface area contributed by atoms with Crippen molar-refractivity contribution in [3.63, 3.8) is 0 Å². The van der Waals surface area contributed by atoms with E-state index in [2.05, 4.69) is 10.3 Å². The minimum atomic E-state index is -4.52. The van der Waals surface area contributed by atoms with Crippen molar-refractivity contribution in [1.82, 2.24) is 19.8 Å². The van der Waals surface area contributed by atoms with E-state index in [9.17, 15) is 22.8 Å². The van der Waals surface area contributed by atoms with Gasteiger partial charge in [0.1, 0.15) is 5.60 Å². The highest BCUT2D eigenvalue weighted by Gasteiger charge is 2.32. The van der Waals surface area contributed by atoms with Gasteiger partial charge in [-0.25, -0.2) is 19.5 Å². The average Bonchev–Trinajstić information content (AvgIpc) is 3.41. The lowest BCUT2D eigenvalue weighted by Crippen LogP contribution is -2.34. The molecule has 1 saturated heterocycles. The number of nitrogens with zero attached hydrogens (tertiary/aromatic N) is 4. The minimum Gasteiger partial charge on any atom is -0.443 e. The molecule has 3 amide bonds. The number of aromatic nitrogens is 2. The van der Waals surface area contributed by atoms with E-state index in [1.165, 1.54) is 17.0 Å². The second kappa shape index (κ2) is 9.79. The molecule has 0 spiro atoms. The van der Waals surface area contributed by atoms with Crippen molar-refractivity contribution in [2.45, 2.75) is 39.1 Å². The number of benzene rings is 2. The summed E-state index contributed by atoms with van der Waals surface area (Å²) in [6.45, 7) is 6.59. The number of anilines is 2. The Kier molecular flexibility index (Phi) is 6.90. The second-order valence-electron chi connectivity index (χ2n) is 9.79. The van der Waals surface area contributed by atoms with Crippen molar-refractivity contribution in [2.24, 2.45) is 7.05 Å². The Bertz CT molecular complexity index is 1300. The van der Waals surface area contributed by atoms with E-state index in [-0.39, 0.29) is 11.7 Å². The molecule has 1 aromatic heterocycles. The van der Waals surface area contributed by atoms with Crippen molar-refractivity contribution in [3.8, 4) is 11.3 Å². The lowest BCUT2D eigenvalue weighted by atomic mass is 10.0. The fourth-order valence-corrected chi connectivity index (χ4v) is 3.97. The molecular formula is C26H28F3N5O3. The van der Waals surface area contributed by atoms with Crippen molar-refractivity contribution >= 4 is 23.5 Å². The molecular weight excluding hydrogens is 487 g/mol. The van der Waals surface area contributed by atoms with E-state index >= 15 is 0 Å². The molecule has 1 aliphatic heterocycles. The molecule has 0 aliphatic carbocycles. The monoisotopic (exact) mass is 515 g/mol. The van der Waals surface area contributed by atoms with Gasteiger partial charge >= 0.3 is 18.3 Å². The zero-order chi connectivity index (χ0) is 27.0. The SMILES string of the molecule is Cn1cnc(-c2cc(CN3CCNC3=O)ccc2N(C(=O)OC(C)(C)C)c2ccc(C(F)(F)F)cc2)c1. The standard InChI is InChI=1S/C26H28F3N5O3/c1-25(2,3)37-24(36)34(19-8-6-18(7-9-19)26(27,28)29)22-10-5-17(14-33-12-11-30-23(33)35)13-20(22)21-15-32(4)16-31-21/h5-10,13,15-16H,11-12,14H2,1-4H3,(H,30,35). The fourth-order valence-electron chi connectivity index (χ4n) is 3.97. The fraction of sp³-hybridized carbons (Fsp3) is 0.346. The Labute approximate surface area is 212 Å². The van der Waals surface area contributed by atoms with Crippen LogP contribution >= 0.6 is 0 Å². The highest BCUT2D eigenvalue weighted by Crippen LogP contribution is 2.38. The van der Waals surface area contributed by atoms with Gasteiger partial charge in [0.25, 0.3) is 0 Å². The molecule has 0 unspecified atom stereocenters. The highest BCUT2D eigenvalue weighted by atomic mass is 19.4.